The molecule has 0 aliphatic carbocycles. The number of nitrogens with zero attached hydrogens (tertiary/aromatic N) is 7. The number of carbonyl (C=O) groups excluding carboxylic acids is 1. The minimum Gasteiger partial charge on any atom is -0.494 e. The van der Waals surface area contributed by atoms with Gasteiger partial charge in [0.15, 0.2) is 0 Å². The molecule has 0 spiro atoms. The summed E-state index contributed by atoms with van der Waals surface area (Å²) in [5, 5.41) is 21.4. The van der Waals surface area contributed by atoms with E-state index in [2.05, 4.69) is 26.4 Å². The highest BCUT2D eigenvalue weighted by molar-refractivity contribution is 5.88. The largest absolute Gasteiger partial charge is 0.494 e. The highest BCUT2D eigenvalue weighted by Gasteiger charge is 2.49. The van der Waals surface area contributed by atoms with Crippen molar-refractivity contribution in [2.24, 2.45) is 0 Å². The Kier molecular flexibility index (Phi) is 5.68. The number of hydrogen-bond donors (Lipinski definition) is 1. The predicted octanol–water partition coefficient (Wildman–Crippen LogP) is 2.28. The van der Waals surface area contributed by atoms with Crippen molar-refractivity contribution in [1.29, 1.82) is 5.26 Å². The Morgan fingerprint density at radius 2 is 2.00 bits per heavy atom. The van der Waals surface area contributed by atoms with Crippen molar-refractivity contribution < 1.29 is 9.53 Å². The van der Waals surface area contributed by atoms with Gasteiger partial charge in [-0.25, -0.2) is 11.1 Å². The number of piperidine rings is 2. The Balaban J connectivity index is 1.31. The number of nitrogens with one attached hydrogen (secondary N) is 1. The van der Waals surface area contributed by atoms with E-state index in [1.54, 1.807) is 11.6 Å². The minimum absolute atomic E-state index is 0.0139. The first-order valence-electron chi connectivity index (χ1n) is 11.5. The Labute approximate surface area is 197 Å². The Morgan fingerprint density at radius 3 is 2.68 bits per heavy atom. The second kappa shape index (κ2) is 8.81. The van der Waals surface area contributed by atoms with Gasteiger partial charge in [-0.15, -0.1) is 0 Å². The zero-order chi connectivity index (χ0) is 23.7. The number of aromatic nitrogens is 4. The number of amides is 1. The molecule has 2 saturated heterocycles. The van der Waals surface area contributed by atoms with Gasteiger partial charge in [-0.05, 0) is 18.9 Å². The van der Waals surface area contributed by atoms with Crippen molar-refractivity contribution in [2.45, 2.75) is 37.3 Å². The molecule has 2 aliphatic rings. The lowest BCUT2D eigenvalue weighted by Crippen LogP contribution is -2.54. The maximum absolute atomic E-state index is 13.2. The van der Waals surface area contributed by atoms with Crippen LogP contribution in [-0.4, -0.2) is 69.0 Å². The number of likely N-dealkylation sites (tertiary alicyclic amines) is 1. The van der Waals surface area contributed by atoms with E-state index in [-0.39, 0.29) is 11.9 Å². The van der Waals surface area contributed by atoms with Crippen LogP contribution in [-0.2, 0) is 4.79 Å². The van der Waals surface area contributed by atoms with Crippen molar-refractivity contribution in [3.05, 3.63) is 47.8 Å². The topological polar surface area (TPSA) is 105 Å². The summed E-state index contributed by atoms with van der Waals surface area (Å²) in [7, 11) is 1.58. The number of fused-ring (bicyclic) bond motifs is 1. The van der Waals surface area contributed by atoms with Crippen LogP contribution in [0.4, 0.5) is 0 Å². The van der Waals surface area contributed by atoms with E-state index < -0.39 is 5.54 Å². The summed E-state index contributed by atoms with van der Waals surface area (Å²) in [5.74, 6) is 0.567. The number of nitriles is 1. The number of hydrogen-bond acceptors (Lipinski definition) is 6. The number of ether oxygens (including phenoxy) is 1. The number of pyridine rings is 1. The molecule has 3 aromatic rings. The van der Waals surface area contributed by atoms with Crippen LogP contribution in [0.5, 0.6) is 5.75 Å². The highest BCUT2D eigenvalue weighted by Crippen LogP contribution is 2.32. The fourth-order valence-electron chi connectivity index (χ4n) is 5.01. The molecule has 0 radical (unpaired) electrons. The van der Waals surface area contributed by atoms with Crippen LogP contribution in [0, 0.1) is 17.9 Å². The van der Waals surface area contributed by atoms with E-state index in [9.17, 15) is 10.1 Å². The third kappa shape index (κ3) is 3.66. The average molecular weight is 459 g/mol. The normalized spacial score (nSPS) is 18.4. The van der Waals surface area contributed by atoms with Gasteiger partial charge in [0.25, 0.3) is 0 Å². The summed E-state index contributed by atoms with van der Waals surface area (Å²) in [4.78, 5) is 18.8. The second-order valence-corrected chi connectivity index (χ2v) is 8.89. The van der Waals surface area contributed by atoms with Crippen LogP contribution in [0.1, 0.15) is 37.3 Å². The molecule has 10 nitrogen and oxygen atoms in total. The van der Waals surface area contributed by atoms with Crippen molar-refractivity contribution in [3.63, 3.8) is 0 Å². The van der Waals surface area contributed by atoms with E-state index in [0.29, 0.717) is 55.9 Å². The van der Waals surface area contributed by atoms with Crippen molar-refractivity contribution >= 4 is 11.4 Å². The fraction of sp³-hybridized carbons (Fsp3) is 0.458. The van der Waals surface area contributed by atoms with Crippen LogP contribution in [0.15, 0.2) is 30.9 Å². The van der Waals surface area contributed by atoms with Crippen LogP contribution in [0.2, 0.25) is 0 Å². The summed E-state index contributed by atoms with van der Waals surface area (Å²) >= 11 is 0. The lowest BCUT2D eigenvalue weighted by atomic mass is 9.87. The molecular weight excluding hydrogens is 432 g/mol. The number of carbonyl (C=O) groups is 1. The third-order valence-corrected chi connectivity index (χ3v) is 7.02. The molecule has 0 saturated carbocycles. The molecule has 174 valence electrons. The quantitative estimate of drug-likeness (QED) is 0.602. The fourth-order valence-corrected chi connectivity index (χ4v) is 5.01. The van der Waals surface area contributed by atoms with Crippen LogP contribution < -0.4 is 10.1 Å². The zero-order valence-electron chi connectivity index (χ0n) is 19.1. The van der Waals surface area contributed by atoms with Gasteiger partial charge in [-0.3, -0.25) is 14.3 Å². The zero-order valence-corrected chi connectivity index (χ0v) is 19.1. The second-order valence-electron chi connectivity index (χ2n) is 8.89. The summed E-state index contributed by atoms with van der Waals surface area (Å²) in [6, 6.07) is 4.22. The summed E-state index contributed by atoms with van der Waals surface area (Å²) in [6.07, 6.45) is 9.97. The van der Waals surface area contributed by atoms with Gasteiger partial charge in [0, 0.05) is 62.5 Å². The lowest BCUT2D eigenvalue weighted by Gasteiger charge is -2.36. The minimum atomic E-state index is -0.896. The molecular formula is C24H26N8O2. The molecule has 1 amide bonds. The Bertz CT molecular complexity index is 1300. The smallest absolute Gasteiger partial charge is 0.311 e. The van der Waals surface area contributed by atoms with Crippen molar-refractivity contribution in [1.82, 2.24) is 29.6 Å². The first kappa shape index (κ1) is 21.9. The van der Waals surface area contributed by atoms with Crippen LogP contribution in [0.3, 0.4) is 0 Å². The van der Waals surface area contributed by atoms with Crippen LogP contribution >= 0.6 is 0 Å². The lowest BCUT2D eigenvalue weighted by molar-refractivity contribution is -0.137. The Hall–Kier alpha value is -3.89. The maximum atomic E-state index is 13.2. The molecule has 34 heavy (non-hydrogen) atoms. The molecule has 1 N–H and O–H groups in total. The van der Waals surface area contributed by atoms with E-state index in [1.165, 1.54) is 6.20 Å². The number of rotatable bonds is 4. The molecule has 0 atom stereocenters. The molecule has 0 aromatic carbocycles. The maximum Gasteiger partial charge on any atom is 0.311 e. The SMILES string of the molecule is [C-]#[N+]C1(C(=O)N2CCC(n3cc(-c4cc(OC)c5c(C#N)cnn5c4)cn3)CC2)CCNCC1. The first-order chi connectivity index (χ1) is 16.6. The van der Waals surface area contributed by atoms with Crippen LogP contribution in [0.25, 0.3) is 21.5 Å². The number of methoxy groups -OCH3 is 1. The Morgan fingerprint density at radius 1 is 1.24 bits per heavy atom. The van der Waals surface area contributed by atoms with Gasteiger partial charge in [-0.1, -0.05) is 0 Å². The highest BCUT2D eigenvalue weighted by atomic mass is 16.5. The predicted molar refractivity (Wildman–Crippen MR) is 124 cm³/mol. The molecule has 3 aromatic heterocycles. The van der Waals surface area contributed by atoms with Gasteiger partial charge < -0.3 is 15.0 Å². The van der Waals surface area contributed by atoms with Gasteiger partial charge >= 0.3 is 11.4 Å². The average Bonchev–Trinajstić information content (AvgIpc) is 3.56. The molecule has 5 heterocycles. The molecule has 5 rings (SSSR count). The summed E-state index contributed by atoms with van der Waals surface area (Å²) in [5.41, 5.74) is 2.02. The van der Waals surface area contributed by atoms with Gasteiger partial charge in [0.05, 0.1) is 25.5 Å². The molecule has 2 aliphatic heterocycles. The van der Waals surface area contributed by atoms with E-state index in [1.807, 2.05) is 34.2 Å². The van der Waals surface area contributed by atoms with E-state index >= 15 is 0 Å². The van der Waals surface area contributed by atoms with Crippen molar-refractivity contribution in [2.75, 3.05) is 33.3 Å². The summed E-state index contributed by atoms with van der Waals surface area (Å²) in [6.45, 7) is 10.3. The molecule has 0 unspecified atom stereocenters. The van der Waals surface area contributed by atoms with Gasteiger partial charge in [-0.2, -0.15) is 15.5 Å². The van der Waals surface area contributed by atoms with Crippen molar-refractivity contribution in [3.8, 4) is 22.9 Å². The van der Waals surface area contributed by atoms with Gasteiger partial charge in [0.1, 0.15) is 22.9 Å². The van der Waals surface area contributed by atoms with Gasteiger partial charge in [0.2, 0.25) is 0 Å². The molecule has 10 heteroatoms. The standard InChI is InChI=1S/C24H26N8O2/c1-26-24(5-7-27-8-6-24)23(33)30-9-3-20(4-10-30)31-16-19(14-28-31)17-11-21(34-2)22-18(12-25)13-29-32(22)15-17/h11,13-16,20,27H,3-10H2,2H3. The molecule has 2 fully saturated rings. The third-order valence-electron chi connectivity index (χ3n) is 7.02. The summed E-state index contributed by atoms with van der Waals surface area (Å²) < 4.78 is 9.13. The van der Waals surface area contributed by atoms with E-state index in [4.69, 9.17) is 11.3 Å². The van der Waals surface area contributed by atoms with E-state index in [0.717, 1.165) is 24.0 Å². The monoisotopic (exact) mass is 458 g/mol. The molecule has 0 bridgehead atoms. The first-order valence-corrected chi connectivity index (χ1v) is 11.5.